The lowest BCUT2D eigenvalue weighted by molar-refractivity contribution is -0.0397. The Hall–Kier alpha value is -1.84. The van der Waals surface area contributed by atoms with Gasteiger partial charge in [-0.3, -0.25) is 4.79 Å². The van der Waals surface area contributed by atoms with Crippen molar-refractivity contribution in [2.45, 2.75) is 39.7 Å². The third-order valence-corrected chi connectivity index (χ3v) is 5.51. The predicted molar refractivity (Wildman–Crippen MR) is 107 cm³/mol. The number of anilines is 1. The number of halogens is 1. The van der Waals surface area contributed by atoms with Crippen molar-refractivity contribution >= 4 is 23.2 Å². The highest BCUT2D eigenvalue weighted by molar-refractivity contribution is 6.30. The quantitative estimate of drug-likeness (QED) is 0.770. The molecule has 1 amide bonds. The first-order valence-corrected chi connectivity index (χ1v) is 9.58. The van der Waals surface area contributed by atoms with Gasteiger partial charge in [-0.05, 0) is 80.0 Å². The Morgan fingerprint density at radius 1 is 1.19 bits per heavy atom. The van der Waals surface area contributed by atoms with Crippen molar-refractivity contribution in [3.63, 3.8) is 0 Å². The van der Waals surface area contributed by atoms with Crippen molar-refractivity contribution in [1.82, 2.24) is 0 Å². The number of ether oxygens (including phenoxy) is 1. The van der Waals surface area contributed by atoms with Gasteiger partial charge in [0.05, 0.1) is 12.7 Å². The molecular weight excluding hydrogens is 346 g/mol. The van der Waals surface area contributed by atoms with Crippen molar-refractivity contribution in [2.75, 3.05) is 11.9 Å². The standard InChI is InChI=1S/C22H26ClNO2/c1-14-10-18(13-26-16(14)3)12-17-4-7-20(8-5-17)24-22(25)21-9-6-19(23)11-15(21)2/h4-9,11,14,16,18H,10,12-13H2,1-3H3,(H,24,25). The molecule has 0 aromatic heterocycles. The number of amides is 1. The highest BCUT2D eigenvalue weighted by atomic mass is 35.5. The van der Waals surface area contributed by atoms with Gasteiger partial charge < -0.3 is 10.1 Å². The van der Waals surface area contributed by atoms with Crippen LogP contribution < -0.4 is 5.32 Å². The maximum atomic E-state index is 12.4. The van der Waals surface area contributed by atoms with Crippen LogP contribution in [0.3, 0.4) is 0 Å². The molecule has 0 radical (unpaired) electrons. The van der Waals surface area contributed by atoms with Crippen LogP contribution in [0.5, 0.6) is 0 Å². The molecule has 0 saturated carbocycles. The maximum Gasteiger partial charge on any atom is 0.255 e. The summed E-state index contributed by atoms with van der Waals surface area (Å²) in [5, 5.41) is 3.59. The van der Waals surface area contributed by atoms with Gasteiger partial charge in [0.2, 0.25) is 0 Å². The zero-order valence-corrected chi connectivity index (χ0v) is 16.3. The van der Waals surface area contributed by atoms with Gasteiger partial charge in [-0.2, -0.15) is 0 Å². The SMILES string of the molecule is Cc1cc(Cl)ccc1C(=O)Nc1ccc(CC2COC(C)C(C)C2)cc1. The van der Waals surface area contributed by atoms with Crippen LogP contribution in [0.1, 0.15) is 41.8 Å². The second kappa shape index (κ2) is 8.24. The van der Waals surface area contributed by atoms with E-state index >= 15 is 0 Å². The minimum absolute atomic E-state index is 0.115. The molecule has 138 valence electrons. The lowest BCUT2D eigenvalue weighted by Crippen LogP contribution is -2.31. The van der Waals surface area contributed by atoms with Crippen LogP contribution in [0.2, 0.25) is 5.02 Å². The molecule has 0 aliphatic carbocycles. The first-order chi connectivity index (χ1) is 12.4. The Kier molecular flexibility index (Phi) is 6.00. The highest BCUT2D eigenvalue weighted by Gasteiger charge is 2.25. The molecule has 0 spiro atoms. The van der Waals surface area contributed by atoms with E-state index in [-0.39, 0.29) is 5.91 Å². The van der Waals surface area contributed by atoms with Crippen LogP contribution in [0, 0.1) is 18.8 Å². The molecular formula is C22H26ClNO2. The van der Waals surface area contributed by atoms with Crippen LogP contribution in [-0.4, -0.2) is 18.6 Å². The van der Waals surface area contributed by atoms with E-state index in [4.69, 9.17) is 16.3 Å². The Morgan fingerprint density at radius 2 is 1.92 bits per heavy atom. The minimum Gasteiger partial charge on any atom is -0.378 e. The second-order valence-electron chi connectivity index (χ2n) is 7.43. The summed E-state index contributed by atoms with van der Waals surface area (Å²) < 4.78 is 5.85. The van der Waals surface area contributed by atoms with E-state index in [0.29, 0.717) is 28.5 Å². The minimum atomic E-state index is -0.115. The summed E-state index contributed by atoms with van der Waals surface area (Å²) >= 11 is 5.96. The van der Waals surface area contributed by atoms with Gasteiger partial charge in [0, 0.05) is 16.3 Å². The average Bonchev–Trinajstić information content (AvgIpc) is 2.60. The lowest BCUT2D eigenvalue weighted by Gasteiger charge is -2.32. The largest absolute Gasteiger partial charge is 0.378 e. The fraction of sp³-hybridized carbons (Fsp3) is 0.409. The van der Waals surface area contributed by atoms with E-state index in [0.717, 1.165) is 24.3 Å². The summed E-state index contributed by atoms with van der Waals surface area (Å²) in [5.74, 6) is 1.06. The molecule has 0 bridgehead atoms. The van der Waals surface area contributed by atoms with Crippen molar-refractivity contribution in [3.8, 4) is 0 Å². The van der Waals surface area contributed by atoms with Gasteiger partial charge in [0.25, 0.3) is 5.91 Å². The molecule has 3 nitrogen and oxygen atoms in total. The summed E-state index contributed by atoms with van der Waals surface area (Å²) in [6.45, 7) is 7.13. The van der Waals surface area contributed by atoms with Gasteiger partial charge in [0.1, 0.15) is 0 Å². The number of hydrogen-bond acceptors (Lipinski definition) is 2. The molecule has 2 aromatic carbocycles. The molecule has 1 fully saturated rings. The Bertz CT molecular complexity index is 772. The molecule has 1 heterocycles. The maximum absolute atomic E-state index is 12.4. The zero-order chi connectivity index (χ0) is 18.7. The molecule has 1 N–H and O–H groups in total. The third kappa shape index (κ3) is 4.66. The number of carbonyl (C=O) groups excluding carboxylic acids is 1. The van der Waals surface area contributed by atoms with Crippen LogP contribution in [0.15, 0.2) is 42.5 Å². The molecule has 3 atom stereocenters. The van der Waals surface area contributed by atoms with Crippen molar-refractivity contribution < 1.29 is 9.53 Å². The Labute approximate surface area is 160 Å². The smallest absolute Gasteiger partial charge is 0.255 e. The molecule has 2 aromatic rings. The Balaban J connectivity index is 1.60. The molecule has 1 aliphatic rings. The summed E-state index contributed by atoms with van der Waals surface area (Å²) in [4.78, 5) is 12.4. The van der Waals surface area contributed by atoms with E-state index in [1.807, 2.05) is 19.1 Å². The monoisotopic (exact) mass is 371 g/mol. The summed E-state index contributed by atoms with van der Waals surface area (Å²) in [7, 11) is 0. The summed E-state index contributed by atoms with van der Waals surface area (Å²) in [6.07, 6.45) is 2.58. The van der Waals surface area contributed by atoms with Crippen molar-refractivity contribution in [3.05, 3.63) is 64.2 Å². The van der Waals surface area contributed by atoms with E-state index in [2.05, 4.69) is 31.3 Å². The fourth-order valence-electron chi connectivity index (χ4n) is 3.52. The van der Waals surface area contributed by atoms with Crippen molar-refractivity contribution in [2.24, 2.45) is 11.8 Å². The Morgan fingerprint density at radius 3 is 2.58 bits per heavy atom. The van der Waals surface area contributed by atoms with E-state index < -0.39 is 0 Å². The van der Waals surface area contributed by atoms with Gasteiger partial charge in [-0.25, -0.2) is 0 Å². The van der Waals surface area contributed by atoms with Gasteiger partial charge in [0.15, 0.2) is 0 Å². The first kappa shape index (κ1) is 18.9. The number of benzene rings is 2. The third-order valence-electron chi connectivity index (χ3n) is 5.27. The highest BCUT2D eigenvalue weighted by Crippen LogP contribution is 2.27. The number of hydrogen-bond donors (Lipinski definition) is 1. The number of rotatable bonds is 4. The zero-order valence-electron chi connectivity index (χ0n) is 15.6. The van der Waals surface area contributed by atoms with Gasteiger partial charge in [-0.15, -0.1) is 0 Å². The molecule has 26 heavy (non-hydrogen) atoms. The number of aryl methyl sites for hydroxylation is 1. The van der Waals surface area contributed by atoms with Crippen LogP contribution >= 0.6 is 11.6 Å². The van der Waals surface area contributed by atoms with Crippen LogP contribution in [0.4, 0.5) is 5.69 Å². The number of nitrogens with one attached hydrogen (secondary N) is 1. The first-order valence-electron chi connectivity index (χ1n) is 9.20. The predicted octanol–water partition coefficient (Wildman–Crippen LogP) is 5.50. The van der Waals surface area contributed by atoms with Gasteiger partial charge >= 0.3 is 0 Å². The van der Waals surface area contributed by atoms with E-state index in [1.54, 1.807) is 18.2 Å². The molecule has 3 rings (SSSR count). The lowest BCUT2D eigenvalue weighted by atomic mass is 9.86. The summed E-state index contributed by atoms with van der Waals surface area (Å²) in [6, 6.07) is 13.4. The van der Waals surface area contributed by atoms with E-state index in [1.165, 1.54) is 12.0 Å². The van der Waals surface area contributed by atoms with E-state index in [9.17, 15) is 4.79 Å². The molecule has 4 heteroatoms. The van der Waals surface area contributed by atoms with Gasteiger partial charge in [-0.1, -0.05) is 30.7 Å². The fourth-order valence-corrected chi connectivity index (χ4v) is 3.74. The average molecular weight is 372 g/mol. The molecule has 1 aliphatic heterocycles. The number of carbonyl (C=O) groups is 1. The topological polar surface area (TPSA) is 38.3 Å². The molecule has 3 unspecified atom stereocenters. The van der Waals surface area contributed by atoms with Crippen LogP contribution in [-0.2, 0) is 11.2 Å². The second-order valence-corrected chi connectivity index (χ2v) is 7.87. The van der Waals surface area contributed by atoms with Crippen LogP contribution in [0.25, 0.3) is 0 Å². The molecule has 1 saturated heterocycles. The normalized spacial score (nSPS) is 22.8. The van der Waals surface area contributed by atoms with Crippen molar-refractivity contribution in [1.29, 1.82) is 0 Å². The summed E-state index contributed by atoms with van der Waals surface area (Å²) in [5.41, 5.74) is 3.59.